The number of nitrogens with zero attached hydrogens (tertiary/aromatic N) is 3. The van der Waals surface area contributed by atoms with Gasteiger partial charge in [0.1, 0.15) is 0 Å². The fourth-order valence-corrected chi connectivity index (χ4v) is 3.20. The van der Waals surface area contributed by atoms with E-state index in [0.717, 1.165) is 0 Å². The molecule has 0 bridgehead atoms. The minimum absolute atomic E-state index is 0.308. The molecule has 1 saturated heterocycles. The van der Waals surface area contributed by atoms with Gasteiger partial charge in [0.15, 0.2) is 0 Å². The fraction of sp³-hybridized carbons (Fsp3) is 0.375. The molecule has 8 nitrogen and oxygen atoms in total. The van der Waals surface area contributed by atoms with Gasteiger partial charge in [-0.15, -0.1) is 0 Å². The Morgan fingerprint density at radius 3 is 2.33 bits per heavy atom. The molecule has 1 aromatic carbocycles. The maximum atomic E-state index is 13.3. The van der Waals surface area contributed by atoms with Crippen molar-refractivity contribution in [2.45, 2.75) is 37.1 Å². The number of oxime groups is 2. The van der Waals surface area contributed by atoms with Crippen LogP contribution in [0.2, 0.25) is 0 Å². The number of anilines is 1. The van der Waals surface area contributed by atoms with Crippen molar-refractivity contribution in [2.75, 3.05) is 4.90 Å². The highest BCUT2D eigenvalue weighted by Crippen LogP contribution is 2.39. The highest BCUT2D eigenvalue weighted by atomic mass is 16.7. The van der Waals surface area contributed by atoms with Crippen molar-refractivity contribution in [1.82, 2.24) is 5.32 Å². The van der Waals surface area contributed by atoms with Crippen LogP contribution in [0.25, 0.3) is 0 Å². The van der Waals surface area contributed by atoms with E-state index in [0.29, 0.717) is 31.4 Å². The molecule has 0 radical (unpaired) electrons. The lowest BCUT2D eigenvalue weighted by atomic mass is 9.92. The van der Waals surface area contributed by atoms with Crippen molar-refractivity contribution in [3.8, 4) is 0 Å². The molecule has 0 saturated carbocycles. The van der Waals surface area contributed by atoms with Crippen molar-refractivity contribution >= 4 is 29.9 Å². The summed E-state index contributed by atoms with van der Waals surface area (Å²) in [4.78, 5) is 38.4. The van der Waals surface area contributed by atoms with Crippen LogP contribution in [-0.2, 0) is 19.3 Å². The van der Waals surface area contributed by atoms with Crippen molar-refractivity contribution < 1.29 is 19.3 Å². The second kappa shape index (κ2) is 5.33. The molecular formula is C16H16N4O4. The quantitative estimate of drug-likeness (QED) is 0.836. The van der Waals surface area contributed by atoms with Crippen LogP contribution in [0.5, 0.6) is 0 Å². The Labute approximate surface area is 138 Å². The number of nitrogens with one attached hydrogen (secondary N) is 1. The first-order valence-corrected chi connectivity index (χ1v) is 7.80. The number of rotatable bonds is 1. The van der Waals surface area contributed by atoms with Crippen molar-refractivity contribution in [1.29, 1.82) is 0 Å². The molecule has 0 aliphatic carbocycles. The molecule has 124 valence electrons. The summed E-state index contributed by atoms with van der Waals surface area (Å²) in [6.45, 7) is 0. The molecule has 4 rings (SSSR count). The van der Waals surface area contributed by atoms with Crippen LogP contribution in [0.15, 0.2) is 40.6 Å². The number of piperazine rings is 1. The van der Waals surface area contributed by atoms with E-state index in [1.165, 1.54) is 4.90 Å². The van der Waals surface area contributed by atoms with E-state index >= 15 is 0 Å². The van der Waals surface area contributed by atoms with Crippen LogP contribution in [0, 0.1) is 0 Å². The zero-order valence-electron chi connectivity index (χ0n) is 12.8. The van der Waals surface area contributed by atoms with Crippen LogP contribution >= 0.6 is 0 Å². The summed E-state index contributed by atoms with van der Waals surface area (Å²) in [6.07, 6.45) is 4.82. The van der Waals surface area contributed by atoms with Gasteiger partial charge in [0, 0.05) is 31.0 Å². The number of hydrogen-bond donors (Lipinski definition) is 1. The van der Waals surface area contributed by atoms with E-state index in [1.54, 1.807) is 36.7 Å². The Morgan fingerprint density at radius 1 is 1.00 bits per heavy atom. The number of amides is 2. The molecule has 3 heterocycles. The number of carbonyl (C=O) groups excluding carboxylic acids is 2. The summed E-state index contributed by atoms with van der Waals surface area (Å²) in [5.74, 6) is -0.873. The van der Waals surface area contributed by atoms with E-state index in [4.69, 9.17) is 9.68 Å². The van der Waals surface area contributed by atoms with Gasteiger partial charge in [-0.3, -0.25) is 14.5 Å². The third kappa shape index (κ3) is 1.99. The maximum Gasteiger partial charge on any atom is 0.299 e. The highest BCUT2D eigenvalue weighted by Gasteiger charge is 2.63. The molecule has 2 amide bonds. The molecule has 1 fully saturated rings. The summed E-state index contributed by atoms with van der Waals surface area (Å²) < 4.78 is 0. The Bertz CT molecular complexity index is 735. The van der Waals surface area contributed by atoms with Gasteiger partial charge < -0.3 is 15.0 Å². The Hall–Kier alpha value is -2.90. The van der Waals surface area contributed by atoms with Crippen molar-refractivity contribution in [3.05, 3.63) is 30.3 Å². The Kier molecular flexibility index (Phi) is 3.26. The standard InChI is InChI=1S/C16H16N4O4/c21-13-16(9-5-11-18-24-16)20(12-6-2-1-3-7-12)14(22)15(19-13)8-4-10-17-23-15/h1-3,6-7,10-11H,4-5,8-9H2,(H,19,21). The smallest absolute Gasteiger partial charge is 0.299 e. The third-order valence-corrected chi connectivity index (χ3v) is 4.39. The monoisotopic (exact) mass is 328 g/mol. The normalized spacial score (nSPS) is 31.8. The van der Waals surface area contributed by atoms with E-state index in [-0.39, 0.29) is 0 Å². The SMILES string of the molecule is O=C1N(c2ccccc2)C2(CCC=NO2)C(=O)NC12CCC=NO2. The van der Waals surface area contributed by atoms with Gasteiger partial charge >= 0.3 is 0 Å². The molecule has 24 heavy (non-hydrogen) atoms. The number of benzene rings is 1. The lowest BCUT2D eigenvalue weighted by Crippen LogP contribution is -2.77. The van der Waals surface area contributed by atoms with E-state index in [9.17, 15) is 9.59 Å². The Morgan fingerprint density at radius 2 is 1.71 bits per heavy atom. The molecule has 1 aromatic rings. The van der Waals surface area contributed by atoms with Crippen LogP contribution in [0.1, 0.15) is 25.7 Å². The molecule has 2 spiro atoms. The van der Waals surface area contributed by atoms with E-state index < -0.39 is 23.3 Å². The van der Waals surface area contributed by atoms with Gasteiger partial charge in [-0.1, -0.05) is 28.5 Å². The second-order valence-electron chi connectivity index (χ2n) is 5.88. The largest absolute Gasteiger partial charge is 0.357 e. The van der Waals surface area contributed by atoms with Gasteiger partial charge in [-0.25, -0.2) is 0 Å². The van der Waals surface area contributed by atoms with Gasteiger partial charge in [-0.2, -0.15) is 0 Å². The third-order valence-electron chi connectivity index (χ3n) is 4.39. The van der Waals surface area contributed by atoms with Crippen LogP contribution in [-0.4, -0.2) is 35.7 Å². The van der Waals surface area contributed by atoms with Crippen LogP contribution in [0.4, 0.5) is 5.69 Å². The molecule has 3 aliphatic heterocycles. The predicted molar refractivity (Wildman–Crippen MR) is 85.2 cm³/mol. The van der Waals surface area contributed by atoms with Gasteiger partial charge in [-0.05, 0) is 25.0 Å². The topological polar surface area (TPSA) is 92.6 Å². The first-order valence-electron chi connectivity index (χ1n) is 7.80. The summed E-state index contributed by atoms with van der Waals surface area (Å²) in [5, 5.41) is 10.2. The first kappa shape index (κ1) is 14.7. The fourth-order valence-electron chi connectivity index (χ4n) is 3.20. The average Bonchev–Trinajstić information content (AvgIpc) is 2.63. The van der Waals surface area contributed by atoms with Gasteiger partial charge in [0.2, 0.25) is 0 Å². The van der Waals surface area contributed by atoms with Gasteiger partial charge in [0.05, 0.1) is 0 Å². The molecule has 2 atom stereocenters. The Balaban J connectivity index is 1.84. The molecule has 0 aromatic heterocycles. The number of para-hydroxylation sites is 1. The average molecular weight is 328 g/mol. The summed E-state index contributed by atoms with van der Waals surface area (Å²) in [5.41, 5.74) is -2.47. The van der Waals surface area contributed by atoms with E-state index in [1.807, 2.05) is 6.07 Å². The summed E-state index contributed by atoms with van der Waals surface area (Å²) >= 11 is 0. The molecule has 1 N–H and O–H groups in total. The highest BCUT2D eigenvalue weighted by molar-refractivity contribution is 6.12. The minimum atomic E-state index is -1.51. The second-order valence-corrected chi connectivity index (χ2v) is 5.88. The van der Waals surface area contributed by atoms with Crippen LogP contribution < -0.4 is 10.2 Å². The van der Waals surface area contributed by atoms with E-state index in [2.05, 4.69) is 15.6 Å². The number of hydrogen-bond acceptors (Lipinski definition) is 6. The summed E-state index contributed by atoms with van der Waals surface area (Å²) in [6, 6.07) is 8.92. The molecule has 8 heteroatoms. The van der Waals surface area contributed by atoms with Crippen molar-refractivity contribution in [3.63, 3.8) is 0 Å². The summed E-state index contributed by atoms with van der Waals surface area (Å²) in [7, 11) is 0. The van der Waals surface area contributed by atoms with Crippen molar-refractivity contribution in [2.24, 2.45) is 10.3 Å². The van der Waals surface area contributed by atoms with Crippen LogP contribution in [0.3, 0.4) is 0 Å². The minimum Gasteiger partial charge on any atom is -0.357 e. The molecule has 2 unspecified atom stereocenters. The zero-order chi connectivity index (χ0) is 16.6. The number of carbonyl (C=O) groups is 2. The first-order chi connectivity index (χ1) is 11.7. The van der Waals surface area contributed by atoms with Gasteiger partial charge in [0.25, 0.3) is 23.3 Å². The maximum absolute atomic E-state index is 13.3. The predicted octanol–water partition coefficient (Wildman–Crippen LogP) is 1.13. The zero-order valence-corrected chi connectivity index (χ0v) is 12.8. The lowest BCUT2D eigenvalue weighted by molar-refractivity contribution is -0.186. The molecule has 3 aliphatic rings. The molecular weight excluding hydrogens is 312 g/mol. The lowest BCUT2D eigenvalue weighted by Gasteiger charge is -2.49.